The molecule has 2 heteroatoms. The van der Waals surface area contributed by atoms with Gasteiger partial charge in [-0.15, -0.1) is 11.8 Å². The van der Waals surface area contributed by atoms with Gasteiger partial charge < -0.3 is 5.32 Å². The highest BCUT2D eigenvalue weighted by molar-refractivity contribution is 5.86. The minimum atomic E-state index is 0.0126. The van der Waals surface area contributed by atoms with Crippen LogP contribution in [0, 0.1) is 11.8 Å². The maximum absolute atomic E-state index is 12.1. The second kappa shape index (κ2) is 5.65. The van der Waals surface area contributed by atoms with Crippen LogP contribution in [0.15, 0.2) is 24.3 Å². The van der Waals surface area contributed by atoms with Crippen LogP contribution in [0.1, 0.15) is 36.8 Å². The van der Waals surface area contributed by atoms with Crippen LogP contribution in [0.25, 0.3) is 0 Å². The summed E-state index contributed by atoms with van der Waals surface area (Å²) in [4.78, 5) is 12.1. The maximum atomic E-state index is 12.1. The first-order valence-electron chi connectivity index (χ1n) is 6.03. The standard InChI is InChI=1S/C15H17NO/c1-2-3-4-9-15(17)14-11-16-10-12-7-5-6-8-13(12)14/h5-8,14,16H,4,9-11H2,1H3. The number of hydrogen-bond donors (Lipinski definition) is 1. The molecule has 1 unspecified atom stereocenters. The molecule has 0 bridgehead atoms. The summed E-state index contributed by atoms with van der Waals surface area (Å²) in [7, 11) is 0. The van der Waals surface area contributed by atoms with Gasteiger partial charge in [0.2, 0.25) is 0 Å². The second-order valence-electron chi connectivity index (χ2n) is 4.28. The SMILES string of the molecule is CC#CCCC(=O)C1CNCc2ccccc21. The zero-order valence-electron chi connectivity index (χ0n) is 10.1. The van der Waals surface area contributed by atoms with Crippen molar-refractivity contribution in [3.63, 3.8) is 0 Å². The molecule has 1 atom stereocenters. The second-order valence-corrected chi connectivity index (χ2v) is 4.28. The lowest BCUT2D eigenvalue weighted by molar-refractivity contribution is -0.120. The van der Waals surface area contributed by atoms with Gasteiger partial charge in [0.1, 0.15) is 5.78 Å². The van der Waals surface area contributed by atoms with E-state index in [0.717, 1.165) is 13.1 Å². The largest absolute Gasteiger partial charge is 0.312 e. The van der Waals surface area contributed by atoms with E-state index in [-0.39, 0.29) is 5.92 Å². The van der Waals surface area contributed by atoms with Crippen LogP contribution >= 0.6 is 0 Å². The third-order valence-electron chi connectivity index (χ3n) is 3.16. The molecule has 1 aromatic rings. The average Bonchev–Trinajstić information content (AvgIpc) is 2.38. The first kappa shape index (κ1) is 11.9. The summed E-state index contributed by atoms with van der Waals surface area (Å²) in [5, 5.41) is 3.31. The van der Waals surface area contributed by atoms with Crippen molar-refractivity contribution in [2.24, 2.45) is 0 Å². The van der Waals surface area contributed by atoms with E-state index in [9.17, 15) is 4.79 Å². The predicted molar refractivity (Wildman–Crippen MR) is 68.6 cm³/mol. The van der Waals surface area contributed by atoms with Crippen molar-refractivity contribution in [1.82, 2.24) is 5.32 Å². The van der Waals surface area contributed by atoms with Gasteiger partial charge in [-0.3, -0.25) is 4.79 Å². The molecule has 1 aromatic carbocycles. The highest BCUT2D eigenvalue weighted by Gasteiger charge is 2.24. The Morgan fingerprint density at radius 1 is 1.47 bits per heavy atom. The topological polar surface area (TPSA) is 29.1 Å². The van der Waals surface area contributed by atoms with Crippen molar-refractivity contribution < 1.29 is 4.79 Å². The van der Waals surface area contributed by atoms with E-state index < -0.39 is 0 Å². The van der Waals surface area contributed by atoms with Gasteiger partial charge in [-0.25, -0.2) is 0 Å². The number of carbonyl (C=O) groups is 1. The number of Topliss-reactive ketones (excluding diaryl/α,β-unsaturated/α-hetero) is 1. The monoisotopic (exact) mass is 227 g/mol. The van der Waals surface area contributed by atoms with Crippen molar-refractivity contribution in [2.75, 3.05) is 6.54 Å². The van der Waals surface area contributed by atoms with E-state index in [1.54, 1.807) is 0 Å². The Balaban J connectivity index is 2.11. The van der Waals surface area contributed by atoms with E-state index >= 15 is 0 Å². The van der Waals surface area contributed by atoms with E-state index in [2.05, 4.69) is 29.3 Å². The molecule has 2 rings (SSSR count). The summed E-state index contributed by atoms with van der Waals surface area (Å²) in [6.07, 6.45) is 1.23. The molecule has 0 aliphatic carbocycles. The molecule has 0 radical (unpaired) electrons. The first-order chi connectivity index (χ1) is 8.33. The fourth-order valence-electron chi connectivity index (χ4n) is 2.27. The Morgan fingerprint density at radius 3 is 3.12 bits per heavy atom. The average molecular weight is 227 g/mol. The molecule has 1 N–H and O–H groups in total. The Kier molecular flexibility index (Phi) is 3.95. The van der Waals surface area contributed by atoms with Gasteiger partial charge in [0.05, 0.1) is 5.92 Å². The normalized spacial score (nSPS) is 17.8. The molecule has 0 amide bonds. The molecule has 0 fully saturated rings. The molecular formula is C15H17NO. The van der Waals surface area contributed by atoms with Crippen LogP contribution < -0.4 is 5.32 Å². The Bertz CT molecular complexity index is 467. The maximum Gasteiger partial charge on any atom is 0.142 e. The van der Waals surface area contributed by atoms with Crippen LogP contribution in [0.2, 0.25) is 0 Å². The number of fused-ring (bicyclic) bond motifs is 1. The minimum absolute atomic E-state index is 0.0126. The molecule has 17 heavy (non-hydrogen) atoms. The number of ketones is 1. The molecule has 0 aromatic heterocycles. The number of rotatable bonds is 3. The molecule has 0 spiro atoms. The summed E-state index contributed by atoms with van der Waals surface area (Å²) in [6, 6.07) is 8.20. The Hall–Kier alpha value is -1.59. The molecule has 0 saturated heterocycles. The zero-order valence-corrected chi connectivity index (χ0v) is 10.1. The van der Waals surface area contributed by atoms with Crippen LogP contribution in [0.5, 0.6) is 0 Å². The van der Waals surface area contributed by atoms with Crippen molar-refractivity contribution >= 4 is 5.78 Å². The highest BCUT2D eigenvalue weighted by atomic mass is 16.1. The van der Waals surface area contributed by atoms with Crippen molar-refractivity contribution in [2.45, 2.75) is 32.2 Å². The van der Waals surface area contributed by atoms with Gasteiger partial charge in [-0.05, 0) is 18.1 Å². The molecule has 1 aliphatic heterocycles. The number of carbonyl (C=O) groups excluding carboxylic acids is 1. The molecule has 1 heterocycles. The van der Waals surface area contributed by atoms with Crippen molar-refractivity contribution in [1.29, 1.82) is 0 Å². The molecule has 88 valence electrons. The van der Waals surface area contributed by atoms with E-state index in [1.165, 1.54) is 11.1 Å². The third kappa shape index (κ3) is 2.75. The lowest BCUT2D eigenvalue weighted by atomic mass is 9.86. The quantitative estimate of drug-likeness (QED) is 0.802. The Morgan fingerprint density at radius 2 is 2.29 bits per heavy atom. The van der Waals surface area contributed by atoms with Gasteiger partial charge in [0, 0.05) is 25.9 Å². The van der Waals surface area contributed by atoms with Gasteiger partial charge >= 0.3 is 0 Å². The van der Waals surface area contributed by atoms with Gasteiger partial charge in [0.25, 0.3) is 0 Å². The van der Waals surface area contributed by atoms with Gasteiger partial charge in [-0.2, -0.15) is 0 Å². The lowest BCUT2D eigenvalue weighted by Crippen LogP contribution is -2.32. The van der Waals surface area contributed by atoms with E-state index in [4.69, 9.17) is 0 Å². The summed E-state index contributed by atoms with van der Waals surface area (Å²) in [5.41, 5.74) is 2.44. The number of nitrogens with one attached hydrogen (secondary N) is 1. The van der Waals surface area contributed by atoms with Gasteiger partial charge in [0.15, 0.2) is 0 Å². The minimum Gasteiger partial charge on any atom is -0.312 e. The summed E-state index contributed by atoms with van der Waals surface area (Å²) < 4.78 is 0. The summed E-state index contributed by atoms with van der Waals surface area (Å²) in [6.45, 7) is 3.44. The van der Waals surface area contributed by atoms with Crippen LogP contribution in [0.3, 0.4) is 0 Å². The zero-order chi connectivity index (χ0) is 12.1. The molecule has 1 aliphatic rings. The van der Waals surface area contributed by atoms with E-state index in [0.29, 0.717) is 18.6 Å². The van der Waals surface area contributed by atoms with E-state index in [1.807, 2.05) is 19.1 Å². The van der Waals surface area contributed by atoms with Crippen LogP contribution in [-0.4, -0.2) is 12.3 Å². The molecule has 0 saturated carbocycles. The Labute approximate surface area is 102 Å². The molecular weight excluding hydrogens is 210 g/mol. The van der Waals surface area contributed by atoms with Crippen LogP contribution in [0.4, 0.5) is 0 Å². The fourth-order valence-corrected chi connectivity index (χ4v) is 2.27. The highest BCUT2D eigenvalue weighted by Crippen LogP contribution is 2.25. The summed E-state index contributed by atoms with van der Waals surface area (Å²) in [5.74, 6) is 6.09. The number of hydrogen-bond acceptors (Lipinski definition) is 2. The van der Waals surface area contributed by atoms with Gasteiger partial charge in [-0.1, -0.05) is 24.3 Å². The number of benzene rings is 1. The predicted octanol–water partition coefficient (Wildman–Crippen LogP) is 2.25. The summed E-state index contributed by atoms with van der Waals surface area (Å²) >= 11 is 0. The molecule has 2 nitrogen and oxygen atoms in total. The first-order valence-corrected chi connectivity index (χ1v) is 6.03. The van der Waals surface area contributed by atoms with Crippen LogP contribution in [-0.2, 0) is 11.3 Å². The van der Waals surface area contributed by atoms with Crippen molar-refractivity contribution in [3.8, 4) is 11.8 Å². The fraction of sp³-hybridized carbons (Fsp3) is 0.400. The lowest BCUT2D eigenvalue weighted by Gasteiger charge is -2.25. The van der Waals surface area contributed by atoms with Crippen molar-refractivity contribution in [3.05, 3.63) is 35.4 Å². The smallest absolute Gasteiger partial charge is 0.142 e. The third-order valence-corrected chi connectivity index (χ3v) is 3.16.